The zero-order chi connectivity index (χ0) is 21.8. The van der Waals surface area contributed by atoms with Gasteiger partial charge in [0.25, 0.3) is 0 Å². The summed E-state index contributed by atoms with van der Waals surface area (Å²) in [5, 5.41) is 7.12. The first-order valence-electron chi connectivity index (χ1n) is 9.91. The number of carbonyl (C=O) groups excluding carboxylic acids is 1. The van der Waals surface area contributed by atoms with E-state index in [9.17, 15) is 18.0 Å². The number of aromatic nitrogens is 1. The summed E-state index contributed by atoms with van der Waals surface area (Å²) >= 11 is 0. The fourth-order valence-electron chi connectivity index (χ4n) is 3.84. The first-order chi connectivity index (χ1) is 14.2. The summed E-state index contributed by atoms with van der Waals surface area (Å²) in [5.41, 5.74) is 1.00. The van der Waals surface area contributed by atoms with Crippen molar-refractivity contribution in [3.63, 3.8) is 0 Å². The molecule has 3 fully saturated rings. The summed E-state index contributed by atoms with van der Waals surface area (Å²) in [6.45, 7) is 3.61. The van der Waals surface area contributed by atoms with Gasteiger partial charge in [0.15, 0.2) is 0 Å². The fourth-order valence-corrected chi connectivity index (χ4v) is 3.84. The average molecular weight is 430 g/mol. The molecule has 1 spiro atoms. The highest BCUT2D eigenvalue weighted by atomic mass is 19.4. The van der Waals surface area contributed by atoms with Gasteiger partial charge in [-0.3, -0.25) is 9.78 Å². The lowest BCUT2D eigenvalue weighted by Crippen LogP contribution is -2.67. The molecule has 1 aliphatic carbocycles. The summed E-state index contributed by atoms with van der Waals surface area (Å²) in [6, 6.07) is 3.95. The Bertz CT molecular complexity index is 734. The van der Waals surface area contributed by atoms with Crippen LogP contribution >= 0.6 is 0 Å². The summed E-state index contributed by atoms with van der Waals surface area (Å²) in [6.07, 6.45) is 2.87. The Morgan fingerprint density at radius 2 is 1.87 bits per heavy atom. The van der Waals surface area contributed by atoms with Gasteiger partial charge >= 0.3 is 12.1 Å². The van der Waals surface area contributed by atoms with Gasteiger partial charge < -0.3 is 19.5 Å². The van der Waals surface area contributed by atoms with Crippen LogP contribution in [0, 0.1) is 11.8 Å². The minimum Gasteiger partial charge on any atom is -0.475 e. The molecule has 3 aliphatic rings. The molecule has 166 valence electrons. The van der Waals surface area contributed by atoms with Crippen LogP contribution in [-0.4, -0.2) is 64.9 Å². The molecule has 3 heterocycles. The second kappa shape index (κ2) is 9.30. The predicted molar refractivity (Wildman–Crippen MR) is 98.3 cm³/mol. The lowest BCUT2D eigenvalue weighted by atomic mass is 9.78. The third-order valence-electron chi connectivity index (χ3n) is 5.86. The van der Waals surface area contributed by atoms with E-state index in [-0.39, 0.29) is 11.5 Å². The molecule has 1 atom stereocenters. The Morgan fingerprint density at radius 1 is 1.23 bits per heavy atom. The third kappa shape index (κ3) is 5.28. The lowest BCUT2D eigenvalue weighted by molar-refractivity contribution is -0.192. The smallest absolute Gasteiger partial charge is 0.475 e. The second-order valence-electron chi connectivity index (χ2n) is 7.89. The first kappa shape index (κ1) is 22.5. The molecule has 2 aliphatic heterocycles. The Balaban J connectivity index is 0.000000318. The number of carbonyl (C=O) groups is 2. The number of carboxylic acid groups (broad SMARTS) is 1. The van der Waals surface area contributed by atoms with Crippen molar-refractivity contribution < 1.29 is 37.3 Å². The predicted octanol–water partition coefficient (Wildman–Crippen LogP) is 2.65. The highest BCUT2D eigenvalue weighted by Gasteiger charge is 2.55. The number of aliphatic carboxylic acids is 1. The van der Waals surface area contributed by atoms with E-state index in [1.54, 1.807) is 12.4 Å². The van der Waals surface area contributed by atoms with Crippen molar-refractivity contribution in [2.24, 2.45) is 11.8 Å². The molecule has 0 bridgehead atoms. The number of halogens is 3. The molecule has 1 unspecified atom stereocenters. The largest absolute Gasteiger partial charge is 0.490 e. The van der Waals surface area contributed by atoms with Crippen molar-refractivity contribution in [2.75, 3.05) is 26.3 Å². The minimum absolute atomic E-state index is 0.141. The molecule has 1 aromatic rings. The van der Waals surface area contributed by atoms with Gasteiger partial charge in [0.05, 0.1) is 26.3 Å². The Hall–Kier alpha value is -2.20. The van der Waals surface area contributed by atoms with E-state index in [1.165, 1.54) is 6.42 Å². The van der Waals surface area contributed by atoms with Crippen LogP contribution < -0.4 is 0 Å². The topological polar surface area (TPSA) is 89.0 Å². The van der Waals surface area contributed by atoms with Crippen LogP contribution in [0.25, 0.3) is 0 Å². The molecular weight excluding hydrogens is 405 g/mol. The van der Waals surface area contributed by atoms with E-state index >= 15 is 0 Å². The number of ether oxygens (including phenoxy) is 2. The number of hydrogen-bond donors (Lipinski definition) is 1. The van der Waals surface area contributed by atoms with Gasteiger partial charge in [-0.15, -0.1) is 0 Å². The molecule has 30 heavy (non-hydrogen) atoms. The van der Waals surface area contributed by atoms with Crippen molar-refractivity contribution in [2.45, 2.75) is 44.1 Å². The maximum Gasteiger partial charge on any atom is 0.490 e. The number of hydrogen-bond acceptors (Lipinski definition) is 5. The van der Waals surface area contributed by atoms with Gasteiger partial charge in [-0.05, 0) is 37.0 Å². The number of alkyl halides is 3. The lowest BCUT2D eigenvalue weighted by Gasteiger charge is -2.51. The van der Waals surface area contributed by atoms with Crippen LogP contribution in [0.15, 0.2) is 24.5 Å². The highest BCUT2D eigenvalue weighted by molar-refractivity contribution is 5.80. The molecule has 4 rings (SSSR count). The number of carboxylic acids is 1. The number of pyridine rings is 1. The monoisotopic (exact) mass is 430 g/mol. The van der Waals surface area contributed by atoms with Crippen molar-refractivity contribution in [1.29, 1.82) is 0 Å². The van der Waals surface area contributed by atoms with Gasteiger partial charge in [-0.25, -0.2) is 4.79 Å². The molecule has 1 aromatic heterocycles. The van der Waals surface area contributed by atoms with E-state index in [2.05, 4.69) is 4.98 Å². The number of amides is 1. The fraction of sp³-hybridized carbons (Fsp3) is 0.650. The molecule has 10 heteroatoms. The maximum atomic E-state index is 12.3. The molecule has 2 saturated heterocycles. The normalized spacial score (nSPS) is 22.6. The van der Waals surface area contributed by atoms with Crippen LogP contribution in [0.3, 0.4) is 0 Å². The first-order valence-corrected chi connectivity index (χ1v) is 9.91. The van der Waals surface area contributed by atoms with Gasteiger partial charge in [0.1, 0.15) is 5.60 Å². The molecule has 1 saturated carbocycles. The summed E-state index contributed by atoms with van der Waals surface area (Å²) in [7, 11) is 0. The quantitative estimate of drug-likeness (QED) is 0.773. The number of nitrogens with zero attached hydrogens (tertiary/aromatic N) is 2. The van der Waals surface area contributed by atoms with Crippen LogP contribution in [0.2, 0.25) is 0 Å². The SMILES string of the molecule is O=C(C1CCC1)N1CC2(C1)OCCC2COCc1ccncc1.O=C(O)C(F)(F)F. The van der Waals surface area contributed by atoms with Crippen LogP contribution in [-0.2, 0) is 25.7 Å². The van der Waals surface area contributed by atoms with Crippen molar-refractivity contribution in [3.05, 3.63) is 30.1 Å². The molecule has 1 amide bonds. The zero-order valence-corrected chi connectivity index (χ0v) is 16.4. The van der Waals surface area contributed by atoms with Crippen molar-refractivity contribution in [3.8, 4) is 0 Å². The van der Waals surface area contributed by atoms with Crippen LogP contribution in [0.1, 0.15) is 31.2 Å². The molecular formula is C20H25F3N2O5. The van der Waals surface area contributed by atoms with Crippen LogP contribution in [0.5, 0.6) is 0 Å². The van der Waals surface area contributed by atoms with Gasteiger partial charge in [-0.2, -0.15) is 13.2 Å². The maximum absolute atomic E-state index is 12.3. The molecule has 1 N–H and O–H groups in total. The van der Waals surface area contributed by atoms with Crippen molar-refractivity contribution >= 4 is 11.9 Å². The summed E-state index contributed by atoms with van der Waals surface area (Å²) in [5.74, 6) is -1.73. The molecule has 7 nitrogen and oxygen atoms in total. The van der Waals surface area contributed by atoms with Crippen molar-refractivity contribution in [1.82, 2.24) is 9.88 Å². The van der Waals surface area contributed by atoms with E-state index in [0.717, 1.165) is 44.5 Å². The molecule has 0 aromatic carbocycles. The van der Waals surface area contributed by atoms with E-state index in [4.69, 9.17) is 19.4 Å². The molecule has 0 radical (unpaired) electrons. The third-order valence-corrected chi connectivity index (χ3v) is 5.86. The van der Waals surface area contributed by atoms with Gasteiger partial charge in [-0.1, -0.05) is 6.42 Å². The van der Waals surface area contributed by atoms with Crippen LogP contribution in [0.4, 0.5) is 13.2 Å². The van der Waals surface area contributed by atoms with E-state index in [1.807, 2.05) is 17.0 Å². The number of likely N-dealkylation sites (tertiary alicyclic amines) is 1. The summed E-state index contributed by atoms with van der Waals surface area (Å²) in [4.78, 5) is 27.2. The Morgan fingerprint density at radius 3 is 2.40 bits per heavy atom. The highest BCUT2D eigenvalue weighted by Crippen LogP contribution is 2.42. The Labute approximate surface area is 172 Å². The minimum atomic E-state index is -5.08. The number of rotatable bonds is 5. The Kier molecular flexibility index (Phi) is 6.97. The van der Waals surface area contributed by atoms with Gasteiger partial charge in [0, 0.05) is 30.8 Å². The average Bonchev–Trinajstić information content (AvgIpc) is 3.03. The standard InChI is InChI=1S/C18H24N2O3.C2HF3O2/c21-17(15-2-1-3-15)20-12-18(13-20)16(6-9-23-18)11-22-10-14-4-7-19-8-5-14;3-2(4,5)1(6)7/h4-5,7-8,15-16H,1-3,6,9-13H2;(H,6,7). The van der Waals surface area contributed by atoms with E-state index < -0.39 is 12.1 Å². The zero-order valence-electron chi connectivity index (χ0n) is 16.4. The second-order valence-corrected chi connectivity index (χ2v) is 7.89. The van der Waals surface area contributed by atoms with E-state index in [0.29, 0.717) is 25.0 Å². The van der Waals surface area contributed by atoms with Gasteiger partial charge in [0.2, 0.25) is 5.91 Å². The summed E-state index contributed by atoms with van der Waals surface area (Å²) < 4.78 is 43.7.